The van der Waals surface area contributed by atoms with Crippen molar-refractivity contribution in [3.63, 3.8) is 0 Å². The second-order valence-electron chi connectivity index (χ2n) is 4.85. The highest BCUT2D eigenvalue weighted by atomic mass is 16.5. The lowest BCUT2D eigenvalue weighted by molar-refractivity contribution is 0.117. The average Bonchev–Trinajstić information content (AvgIpc) is 2.75. The van der Waals surface area contributed by atoms with E-state index < -0.39 is 0 Å². The van der Waals surface area contributed by atoms with E-state index in [-0.39, 0.29) is 0 Å². The van der Waals surface area contributed by atoms with Crippen molar-refractivity contribution in [3.8, 4) is 0 Å². The van der Waals surface area contributed by atoms with E-state index in [2.05, 4.69) is 19.1 Å². The fraction of sp³-hybridized carbons (Fsp3) is 0.833. The van der Waals surface area contributed by atoms with Gasteiger partial charge >= 0.3 is 0 Å². The Hall–Kier alpha value is -0.340. The van der Waals surface area contributed by atoms with Crippen LogP contribution < -0.4 is 5.73 Å². The fourth-order valence-electron chi connectivity index (χ4n) is 2.59. The maximum Gasteiger partial charge on any atom is 0.0551 e. The maximum absolute atomic E-state index is 6.21. The second kappa shape index (κ2) is 4.45. The van der Waals surface area contributed by atoms with E-state index in [1.165, 1.54) is 19.3 Å². The molecule has 1 aliphatic heterocycles. The number of rotatable bonds is 3. The Morgan fingerprint density at radius 2 is 2.14 bits per heavy atom. The average molecular weight is 195 g/mol. The third-order valence-electron chi connectivity index (χ3n) is 3.55. The fourth-order valence-corrected chi connectivity index (χ4v) is 2.59. The van der Waals surface area contributed by atoms with Crippen LogP contribution in [0.3, 0.4) is 0 Å². The molecule has 2 rings (SSSR count). The van der Waals surface area contributed by atoms with Gasteiger partial charge in [-0.15, -0.1) is 0 Å². The molecule has 80 valence electrons. The van der Waals surface area contributed by atoms with Crippen LogP contribution in [0, 0.1) is 11.8 Å². The molecule has 0 spiro atoms. The molecule has 1 heterocycles. The zero-order chi connectivity index (χ0) is 9.97. The van der Waals surface area contributed by atoms with Gasteiger partial charge in [0.1, 0.15) is 0 Å². The number of nitrogens with two attached hydrogens (primary N) is 1. The van der Waals surface area contributed by atoms with Crippen molar-refractivity contribution in [1.29, 1.82) is 0 Å². The minimum absolute atomic E-state index is 0.352. The highest BCUT2D eigenvalue weighted by Crippen LogP contribution is 2.28. The van der Waals surface area contributed by atoms with E-state index in [9.17, 15) is 0 Å². The van der Waals surface area contributed by atoms with E-state index in [0.29, 0.717) is 18.1 Å². The largest absolute Gasteiger partial charge is 0.378 e. The van der Waals surface area contributed by atoms with Gasteiger partial charge in [-0.2, -0.15) is 0 Å². The van der Waals surface area contributed by atoms with Crippen LogP contribution in [0.1, 0.15) is 32.6 Å². The molecule has 0 radical (unpaired) electrons. The number of hydrogen-bond donors (Lipinski definition) is 1. The van der Waals surface area contributed by atoms with Gasteiger partial charge in [0.05, 0.1) is 12.7 Å². The minimum atomic E-state index is 0.352. The topological polar surface area (TPSA) is 35.2 Å². The Kier molecular flexibility index (Phi) is 3.24. The molecule has 2 aliphatic rings. The minimum Gasteiger partial charge on any atom is -0.378 e. The van der Waals surface area contributed by atoms with E-state index in [1.807, 2.05) is 0 Å². The summed E-state index contributed by atoms with van der Waals surface area (Å²) in [5.41, 5.74) is 6.21. The highest BCUT2D eigenvalue weighted by molar-refractivity contribution is 4.96. The molecule has 0 aromatic carbocycles. The van der Waals surface area contributed by atoms with Gasteiger partial charge in [-0.1, -0.05) is 12.2 Å². The zero-order valence-corrected chi connectivity index (χ0v) is 8.99. The van der Waals surface area contributed by atoms with Gasteiger partial charge < -0.3 is 10.5 Å². The first-order valence-electron chi connectivity index (χ1n) is 5.78. The Balaban J connectivity index is 1.74. The molecule has 0 bridgehead atoms. The summed E-state index contributed by atoms with van der Waals surface area (Å²) in [6.45, 7) is 3.02. The summed E-state index contributed by atoms with van der Waals surface area (Å²) in [5, 5.41) is 0. The lowest BCUT2D eigenvalue weighted by atomic mass is 9.88. The number of hydrogen-bond acceptors (Lipinski definition) is 2. The van der Waals surface area contributed by atoms with Crippen molar-refractivity contribution < 1.29 is 4.74 Å². The lowest BCUT2D eigenvalue weighted by Gasteiger charge is -2.21. The summed E-state index contributed by atoms with van der Waals surface area (Å²) in [6, 6.07) is 0.352. The third-order valence-corrected chi connectivity index (χ3v) is 3.55. The molecule has 0 aromatic rings. The Morgan fingerprint density at radius 1 is 1.43 bits per heavy atom. The van der Waals surface area contributed by atoms with Crippen molar-refractivity contribution in [1.82, 2.24) is 0 Å². The van der Waals surface area contributed by atoms with E-state index in [4.69, 9.17) is 10.5 Å². The van der Waals surface area contributed by atoms with Crippen molar-refractivity contribution in [3.05, 3.63) is 12.2 Å². The number of ether oxygens (including phenoxy) is 1. The predicted octanol–water partition coefficient (Wildman–Crippen LogP) is 2.09. The van der Waals surface area contributed by atoms with Gasteiger partial charge in [0.2, 0.25) is 0 Å². The van der Waals surface area contributed by atoms with Crippen molar-refractivity contribution in [2.45, 2.75) is 44.8 Å². The van der Waals surface area contributed by atoms with Gasteiger partial charge in [-0.25, -0.2) is 0 Å². The first-order valence-corrected chi connectivity index (χ1v) is 5.78. The van der Waals surface area contributed by atoms with Gasteiger partial charge in [0, 0.05) is 6.04 Å². The van der Waals surface area contributed by atoms with Crippen molar-refractivity contribution >= 4 is 0 Å². The molecule has 2 nitrogen and oxygen atoms in total. The summed E-state index contributed by atoms with van der Waals surface area (Å²) in [4.78, 5) is 0. The number of allylic oxidation sites excluding steroid dienone is 2. The van der Waals surface area contributed by atoms with Crippen LogP contribution >= 0.6 is 0 Å². The van der Waals surface area contributed by atoms with Gasteiger partial charge in [0.25, 0.3) is 0 Å². The Bertz CT molecular complexity index is 206. The standard InChI is InChI=1S/C12H21NO/c1-9-6-11(8-14-9)12(13)7-10-4-2-3-5-10/h2-3,9-12H,4-8,13H2,1H3. The summed E-state index contributed by atoms with van der Waals surface area (Å²) >= 11 is 0. The summed E-state index contributed by atoms with van der Waals surface area (Å²) in [5.74, 6) is 1.41. The molecule has 2 N–H and O–H groups in total. The summed E-state index contributed by atoms with van der Waals surface area (Å²) in [7, 11) is 0. The van der Waals surface area contributed by atoms with Crippen molar-refractivity contribution in [2.75, 3.05) is 6.61 Å². The summed E-state index contributed by atoms with van der Waals surface area (Å²) in [6.07, 6.45) is 9.78. The molecule has 14 heavy (non-hydrogen) atoms. The van der Waals surface area contributed by atoms with E-state index in [1.54, 1.807) is 0 Å². The Morgan fingerprint density at radius 3 is 2.71 bits per heavy atom. The normalized spacial score (nSPS) is 35.3. The highest BCUT2D eigenvalue weighted by Gasteiger charge is 2.28. The molecular weight excluding hydrogens is 174 g/mol. The van der Waals surface area contributed by atoms with Crippen LogP contribution in [-0.4, -0.2) is 18.8 Å². The zero-order valence-electron chi connectivity index (χ0n) is 8.99. The van der Waals surface area contributed by atoms with Crippen LogP contribution in [0.4, 0.5) is 0 Å². The Labute approximate surface area is 86.5 Å². The summed E-state index contributed by atoms with van der Waals surface area (Å²) < 4.78 is 5.56. The third kappa shape index (κ3) is 2.37. The van der Waals surface area contributed by atoms with E-state index in [0.717, 1.165) is 18.9 Å². The molecule has 2 heteroatoms. The SMILES string of the molecule is CC1CC(C(N)CC2CC=CC2)CO1. The van der Waals surface area contributed by atoms with Crippen LogP contribution in [0.25, 0.3) is 0 Å². The molecule has 0 saturated carbocycles. The molecule has 3 atom stereocenters. The lowest BCUT2D eigenvalue weighted by Crippen LogP contribution is -2.32. The molecule has 3 unspecified atom stereocenters. The van der Waals surface area contributed by atoms with E-state index >= 15 is 0 Å². The molecule has 0 amide bonds. The van der Waals surface area contributed by atoms with Gasteiger partial charge in [-0.05, 0) is 44.4 Å². The molecular formula is C12H21NO. The van der Waals surface area contributed by atoms with Crippen LogP contribution in [0.15, 0.2) is 12.2 Å². The first-order chi connectivity index (χ1) is 6.75. The monoisotopic (exact) mass is 195 g/mol. The first kappa shape index (κ1) is 10.2. The predicted molar refractivity (Wildman–Crippen MR) is 58.0 cm³/mol. The van der Waals surface area contributed by atoms with Gasteiger partial charge in [0.15, 0.2) is 0 Å². The quantitative estimate of drug-likeness (QED) is 0.700. The molecule has 1 saturated heterocycles. The molecule has 0 aromatic heterocycles. The van der Waals surface area contributed by atoms with Crippen LogP contribution in [-0.2, 0) is 4.74 Å². The van der Waals surface area contributed by atoms with Crippen molar-refractivity contribution in [2.24, 2.45) is 17.6 Å². The molecule has 1 aliphatic carbocycles. The van der Waals surface area contributed by atoms with Crippen LogP contribution in [0.5, 0.6) is 0 Å². The molecule has 1 fully saturated rings. The van der Waals surface area contributed by atoms with Gasteiger partial charge in [-0.3, -0.25) is 0 Å². The second-order valence-corrected chi connectivity index (χ2v) is 4.85. The van der Waals surface area contributed by atoms with Crippen LogP contribution in [0.2, 0.25) is 0 Å². The maximum atomic E-state index is 6.21. The smallest absolute Gasteiger partial charge is 0.0551 e.